The van der Waals surface area contributed by atoms with Gasteiger partial charge in [-0.15, -0.1) is 19.8 Å². The molecule has 0 aliphatic heterocycles. The van der Waals surface area contributed by atoms with E-state index in [2.05, 4.69) is 11.3 Å². The van der Waals surface area contributed by atoms with E-state index < -0.39 is 12.5 Å². The van der Waals surface area contributed by atoms with E-state index in [-0.39, 0.29) is 0 Å². The number of ether oxygens (including phenoxy) is 1. The highest BCUT2D eigenvalue weighted by molar-refractivity contribution is 4.75. The molecule has 0 rings (SSSR count). The van der Waals surface area contributed by atoms with Gasteiger partial charge in [0.05, 0.1) is 6.10 Å². The molecule has 1 nitrogen and oxygen atoms in total. The van der Waals surface area contributed by atoms with Crippen LogP contribution in [0.15, 0.2) is 12.7 Å². The molecular weight excluding hydrogens is 133 g/mol. The SMILES string of the molecule is C=CC(C)OC(F)(F)F. The van der Waals surface area contributed by atoms with Crippen LogP contribution in [0.2, 0.25) is 0 Å². The van der Waals surface area contributed by atoms with E-state index in [0.29, 0.717) is 0 Å². The fraction of sp³-hybridized carbons (Fsp3) is 0.600. The van der Waals surface area contributed by atoms with Crippen molar-refractivity contribution in [2.24, 2.45) is 0 Å². The minimum absolute atomic E-state index is 0.968. The molecular formula is C5H7F3O. The number of alkyl halides is 3. The van der Waals surface area contributed by atoms with Crippen LogP contribution < -0.4 is 0 Å². The maximum atomic E-state index is 11.2. The second kappa shape index (κ2) is 2.87. The van der Waals surface area contributed by atoms with Crippen molar-refractivity contribution in [2.45, 2.75) is 19.4 Å². The van der Waals surface area contributed by atoms with Gasteiger partial charge < -0.3 is 0 Å². The first kappa shape index (κ1) is 8.49. The lowest BCUT2D eigenvalue weighted by atomic mass is 10.4. The van der Waals surface area contributed by atoms with Crippen molar-refractivity contribution in [2.75, 3.05) is 0 Å². The first-order valence-corrected chi connectivity index (χ1v) is 2.33. The molecule has 0 spiro atoms. The van der Waals surface area contributed by atoms with Gasteiger partial charge in [-0.25, -0.2) is 0 Å². The minimum atomic E-state index is -4.55. The predicted octanol–water partition coefficient (Wildman–Crippen LogP) is 2.10. The summed E-state index contributed by atoms with van der Waals surface area (Å²) in [7, 11) is 0. The Morgan fingerprint density at radius 3 is 2.11 bits per heavy atom. The summed E-state index contributed by atoms with van der Waals surface area (Å²) in [6, 6.07) is 0. The molecule has 0 amide bonds. The van der Waals surface area contributed by atoms with Crippen molar-refractivity contribution in [3.63, 3.8) is 0 Å². The molecule has 0 aliphatic carbocycles. The van der Waals surface area contributed by atoms with Crippen molar-refractivity contribution in [1.82, 2.24) is 0 Å². The molecule has 0 aliphatic rings. The summed E-state index contributed by atoms with van der Waals surface area (Å²) in [4.78, 5) is 0. The number of rotatable bonds is 2. The third kappa shape index (κ3) is 5.36. The molecule has 4 heteroatoms. The first-order chi connectivity index (χ1) is 3.95. The molecule has 0 heterocycles. The van der Waals surface area contributed by atoms with Gasteiger partial charge in [0.25, 0.3) is 0 Å². The van der Waals surface area contributed by atoms with Crippen LogP contribution in [0.25, 0.3) is 0 Å². The topological polar surface area (TPSA) is 9.23 Å². The number of hydrogen-bond donors (Lipinski definition) is 0. The lowest BCUT2D eigenvalue weighted by Gasteiger charge is -2.09. The third-order valence-corrected chi connectivity index (χ3v) is 0.651. The van der Waals surface area contributed by atoms with Crippen molar-refractivity contribution in [1.29, 1.82) is 0 Å². The minimum Gasteiger partial charge on any atom is -0.285 e. The molecule has 0 aromatic carbocycles. The fourth-order valence-electron chi connectivity index (χ4n) is 0.259. The summed E-state index contributed by atoms with van der Waals surface area (Å²) in [6.07, 6.45) is -4.44. The zero-order chi connectivity index (χ0) is 7.49. The highest BCUT2D eigenvalue weighted by atomic mass is 19.4. The lowest BCUT2D eigenvalue weighted by Crippen LogP contribution is -2.19. The third-order valence-electron chi connectivity index (χ3n) is 0.651. The predicted molar refractivity (Wildman–Crippen MR) is 26.8 cm³/mol. The molecule has 54 valence electrons. The Labute approximate surface area is 51.1 Å². The number of hydrogen-bond acceptors (Lipinski definition) is 1. The second-order valence-corrected chi connectivity index (χ2v) is 1.50. The van der Waals surface area contributed by atoms with Crippen LogP contribution in [0, 0.1) is 0 Å². The van der Waals surface area contributed by atoms with Gasteiger partial charge in [-0.3, -0.25) is 4.74 Å². The van der Waals surface area contributed by atoms with Gasteiger partial charge >= 0.3 is 6.36 Å². The molecule has 0 radical (unpaired) electrons. The Morgan fingerprint density at radius 1 is 1.56 bits per heavy atom. The van der Waals surface area contributed by atoms with Crippen LogP contribution in [0.5, 0.6) is 0 Å². The van der Waals surface area contributed by atoms with E-state index in [4.69, 9.17) is 0 Å². The van der Waals surface area contributed by atoms with Crippen molar-refractivity contribution < 1.29 is 17.9 Å². The van der Waals surface area contributed by atoms with Crippen molar-refractivity contribution >= 4 is 0 Å². The summed E-state index contributed by atoms with van der Waals surface area (Å²) in [5.74, 6) is 0. The summed E-state index contributed by atoms with van der Waals surface area (Å²) in [5, 5.41) is 0. The summed E-state index contributed by atoms with van der Waals surface area (Å²) in [6.45, 7) is 4.38. The highest BCUT2D eigenvalue weighted by Crippen LogP contribution is 2.18. The zero-order valence-electron chi connectivity index (χ0n) is 4.90. The van der Waals surface area contributed by atoms with Gasteiger partial charge in [-0.05, 0) is 6.92 Å². The molecule has 0 N–H and O–H groups in total. The van der Waals surface area contributed by atoms with Crippen LogP contribution >= 0.6 is 0 Å². The standard InChI is InChI=1S/C5H7F3O/c1-3-4(2)9-5(6,7)8/h3-4H,1H2,2H3. The van der Waals surface area contributed by atoms with Gasteiger partial charge in [-0.2, -0.15) is 0 Å². The van der Waals surface area contributed by atoms with Crippen LogP contribution in [0.4, 0.5) is 13.2 Å². The maximum absolute atomic E-state index is 11.2. The Morgan fingerprint density at radius 2 is 2.00 bits per heavy atom. The van der Waals surface area contributed by atoms with Crippen molar-refractivity contribution in [3.8, 4) is 0 Å². The quantitative estimate of drug-likeness (QED) is 0.533. The van der Waals surface area contributed by atoms with E-state index in [1.165, 1.54) is 6.92 Å². The zero-order valence-corrected chi connectivity index (χ0v) is 4.90. The fourth-order valence-corrected chi connectivity index (χ4v) is 0.259. The molecule has 1 unspecified atom stereocenters. The van der Waals surface area contributed by atoms with Crippen LogP contribution in [0.3, 0.4) is 0 Å². The largest absolute Gasteiger partial charge is 0.523 e. The first-order valence-electron chi connectivity index (χ1n) is 2.33. The average molecular weight is 140 g/mol. The Hall–Kier alpha value is -0.510. The molecule has 0 saturated heterocycles. The van der Waals surface area contributed by atoms with Gasteiger partial charge in [0, 0.05) is 0 Å². The summed E-state index contributed by atoms with van der Waals surface area (Å²) >= 11 is 0. The molecule has 0 saturated carbocycles. The highest BCUT2D eigenvalue weighted by Gasteiger charge is 2.30. The lowest BCUT2D eigenvalue weighted by molar-refractivity contribution is -0.334. The van der Waals surface area contributed by atoms with E-state index >= 15 is 0 Å². The second-order valence-electron chi connectivity index (χ2n) is 1.50. The molecule has 0 aromatic rings. The van der Waals surface area contributed by atoms with E-state index in [1.807, 2.05) is 0 Å². The van der Waals surface area contributed by atoms with Gasteiger partial charge in [-0.1, -0.05) is 6.08 Å². The molecule has 0 bridgehead atoms. The van der Waals surface area contributed by atoms with E-state index in [9.17, 15) is 13.2 Å². The summed E-state index contributed by atoms with van der Waals surface area (Å²) < 4.78 is 37.1. The maximum Gasteiger partial charge on any atom is 0.523 e. The molecule has 1 atom stereocenters. The van der Waals surface area contributed by atoms with Crippen LogP contribution in [-0.2, 0) is 4.74 Å². The van der Waals surface area contributed by atoms with Crippen LogP contribution in [-0.4, -0.2) is 12.5 Å². The van der Waals surface area contributed by atoms with Gasteiger partial charge in [0.15, 0.2) is 0 Å². The molecule has 0 fully saturated rings. The van der Waals surface area contributed by atoms with E-state index in [1.54, 1.807) is 0 Å². The Kier molecular flexibility index (Phi) is 2.70. The van der Waals surface area contributed by atoms with E-state index in [0.717, 1.165) is 6.08 Å². The summed E-state index contributed by atoms with van der Waals surface area (Å²) in [5.41, 5.74) is 0. The Bertz CT molecular complexity index is 96.9. The molecule has 9 heavy (non-hydrogen) atoms. The molecule has 0 aromatic heterocycles. The smallest absolute Gasteiger partial charge is 0.285 e. The Balaban J connectivity index is 3.59. The van der Waals surface area contributed by atoms with Gasteiger partial charge in [0.2, 0.25) is 0 Å². The van der Waals surface area contributed by atoms with Crippen molar-refractivity contribution in [3.05, 3.63) is 12.7 Å². The van der Waals surface area contributed by atoms with Gasteiger partial charge in [0.1, 0.15) is 0 Å². The normalized spacial score (nSPS) is 15.1. The van der Waals surface area contributed by atoms with Crippen LogP contribution in [0.1, 0.15) is 6.92 Å². The number of halogens is 3. The average Bonchev–Trinajstić information content (AvgIpc) is 1.62. The monoisotopic (exact) mass is 140 g/mol.